The molecule has 1 aliphatic rings. The van der Waals surface area contributed by atoms with Crippen molar-refractivity contribution < 1.29 is 14.3 Å². The maximum absolute atomic E-state index is 13.1. The molecule has 25 heavy (non-hydrogen) atoms. The van der Waals surface area contributed by atoms with E-state index in [1.165, 1.54) is 24.4 Å². The highest BCUT2D eigenvalue weighted by Crippen LogP contribution is 2.32. The van der Waals surface area contributed by atoms with E-state index in [9.17, 15) is 9.59 Å². The van der Waals surface area contributed by atoms with Crippen LogP contribution in [0.5, 0.6) is 0 Å². The first-order chi connectivity index (χ1) is 12.2. The second-order valence-electron chi connectivity index (χ2n) is 5.72. The van der Waals surface area contributed by atoms with E-state index in [0.717, 1.165) is 6.29 Å². The summed E-state index contributed by atoms with van der Waals surface area (Å²) in [7, 11) is 1.53. The summed E-state index contributed by atoms with van der Waals surface area (Å²) in [6.45, 7) is 0.158. The summed E-state index contributed by atoms with van der Waals surface area (Å²) in [6, 6.07) is 3.35. The molecule has 8 heteroatoms. The zero-order valence-electron chi connectivity index (χ0n) is 13.6. The molecule has 1 aliphatic carbocycles. The lowest BCUT2D eigenvalue weighted by Crippen LogP contribution is -2.34. The van der Waals surface area contributed by atoms with Crippen molar-refractivity contribution in [2.75, 3.05) is 7.11 Å². The van der Waals surface area contributed by atoms with E-state index in [4.69, 9.17) is 16.3 Å². The van der Waals surface area contributed by atoms with Gasteiger partial charge in [0.05, 0.1) is 18.2 Å². The summed E-state index contributed by atoms with van der Waals surface area (Å²) in [6.07, 6.45) is 7.80. The number of hydrogen-bond acceptors (Lipinski definition) is 6. The third-order valence-corrected chi connectivity index (χ3v) is 4.59. The van der Waals surface area contributed by atoms with Gasteiger partial charge in [0.15, 0.2) is 11.6 Å². The molecule has 0 saturated heterocycles. The van der Waals surface area contributed by atoms with Gasteiger partial charge >= 0.3 is 0 Å². The zero-order chi connectivity index (χ0) is 17.8. The minimum atomic E-state index is -0.612. The quantitative estimate of drug-likeness (QED) is 0.339. The van der Waals surface area contributed by atoms with Crippen LogP contribution < -0.4 is 0 Å². The second kappa shape index (κ2) is 7.67. The lowest BCUT2D eigenvalue weighted by Gasteiger charge is -2.27. The summed E-state index contributed by atoms with van der Waals surface area (Å²) >= 11 is 6.34. The highest BCUT2D eigenvalue weighted by Gasteiger charge is 2.36. The lowest BCUT2D eigenvalue weighted by atomic mass is 9.79. The Morgan fingerprint density at radius 2 is 2.32 bits per heavy atom. The fraction of sp³-hybridized carbons (Fsp3) is 0.353. The molecule has 2 aromatic rings. The van der Waals surface area contributed by atoms with E-state index in [1.54, 1.807) is 18.2 Å². The number of nitrogens with zero attached hydrogens (tertiary/aromatic N) is 4. The van der Waals surface area contributed by atoms with Crippen molar-refractivity contribution in [3.8, 4) is 5.82 Å². The van der Waals surface area contributed by atoms with E-state index in [2.05, 4.69) is 15.1 Å². The number of carbonyl (C=O) groups is 2. The number of ketones is 1. The number of aldehydes is 1. The number of methoxy groups -OCH3 is 1. The summed E-state index contributed by atoms with van der Waals surface area (Å²) < 4.78 is 6.68. The minimum Gasteiger partial charge on any atom is -0.378 e. The number of halogens is 1. The van der Waals surface area contributed by atoms with Crippen LogP contribution in [0.1, 0.15) is 22.5 Å². The number of aromatic nitrogens is 4. The average molecular weight is 361 g/mol. The van der Waals surface area contributed by atoms with Crippen molar-refractivity contribution in [1.29, 1.82) is 0 Å². The number of alkyl halides is 1. The zero-order valence-corrected chi connectivity index (χ0v) is 14.3. The molecule has 3 rings (SSSR count). The Hall–Kier alpha value is -2.38. The van der Waals surface area contributed by atoms with Gasteiger partial charge < -0.3 is 9.53 Å². The van der Waals surface area contributed by atoms with Crippen LogP contribution in [0, 0.1) is 11.8 Å². The first-order valence-corrected chi connectivity index (χ1v) is 8.23. The molecular formula is C17H17ClN4O3. The molecule has 130 valence electrons. The van der Waals surface area contributed by atoms with Gasteiger partial charge in [0, 0.05) is 24.0 Å². The van der Waals surface area contributed by atoms with Gasteiger partial charge in [-0.2, -0.15) is 5.10 Å². The van der Waals surface area contributed by atoms with Gasteiger partial charge in [-0.1, -0.05) is 12.2 Å². The molecular weight excluding hydrogens is 344 g/mol. The van der Waals surface area contributed by atoms with Crippen LogP contribution in [0.25, 0.3) is 5.82 Å². The topological polar surface area (TPSA) is 87.0 Å². The minimum absolute atomic E-state index is 0.158. The van der Waals surface area contributed by atoms with Crippen molar-refractivity contribution >= 4 is 23.7 Å². The number of ether oxygens (including phenoxy) is 1. The fourth-order valence-electron chi connectivity index (χ4n) is 2.94. The molecule has 0 aliphatic heterocycles. The third-order valence-electron chi connectivity index (χ3n) is 4.14. The standard InChI is InChI=1S/C17H17ClN4O3/c1-25-8-14-12(5-6-15(21-14)22-10-19-9-20-22)17(24)16-11(7-23)3-2-4-13(16)18/h2-3,5-7,9-11,13,16H,4,8H2,1H3. The van der Waals surface area contributed by atoms with Gasteiger partial charge in [-0.3, -0.25) is 4.79 Å². The van der Waals surface area contributed by atoms with Crippen LogP contribution in [0.4, 0.5) is 0 Å². The smallest absolute Gasteiger partial charge is 0.170 e. The summed E-state index contributed by atoms with van der Waals surface area (Å²) in [5.41, 5.74) is 0.882. The van der Waals surface area contributed by atoms with Crippen LogP contribution in [0.3, 0.4) is 0 Å². The van der Waals surface area contributed by atoms with Crippen molar-refractivity contribution in [2.24, 2.45) is 11.8 Å². The molecule has 7 nitrogen and oxygen atoms in total. The predicted octanol–water partition coefficient (Wildman–Crippen LogP) is 1.99. The molecule has 3 unspecified atom stereocenters. The van der Waals surface area contributed by atoms with Gasteiger partial charge in [0.2, 0.25) is 0 Å². The highest BCUT2D eigenvalue weighted by atomic mass is 35.5. The van der Waals surface area contributed by atoms with Gasteiger partial charge in [0.1, 0.15) is 18.9 Å². The predicted molar refractivity (Wildman–Crippen MR) is 90.6 cm³/mol. The number of carbonyl (C=O) groups excluding carboxylic acids is 2. The van der Waals surface area contributed by atoms with Crippen molar-refractivity contribution in [2.45, 2.75) is 18.4 Å². The van der Waals surface area contributed by atoms with Crippen LogP contribution in [-0.4, -0.2) is 44.3 Å². The Labute approximate surface area is 149 Å². The summed E-state index contributed by atoms with van der Waals surface area (Å²) in [5.74, 6) is -0.821. The molecule has 0 N–H and O–H groups in total. The molecule has 0 fully saturated rings. The van der Waals surface area contributed by atoms with Gasteiger partial charge in [0.25, 0.3) is 0 Å². The Bertz CT molecular complexity index is 791. The number of pyridine rings is 1. The Balaban J connectivity index is 1.99. The molecule has 3 atom stereocenters. The van der Waals surface area contributed by atoms with Crippen molar-refractivity contribution in [3.05, 3.63) is 48.2 Å². The Morgan fingerprint density at radius 3 is 3.00 bits per heavy atom. The molecule has 0 radical (unpaired) electrons. The molecule has 0 bridgehead atoms. The van der Waals surface area contributed by atoms with E-state index < -0.39 is 17.2 Å². The average Bonchev–Trinajstić information content (AvgIpc) is 3.16. The molecule has 0 aromatic carbocycles. The van der Waals surface area contributed by atoms with Crippen LogP contribution in [0.15, 0.2) is 36.9 Å². The summed E-state index contributed by atoms with van der Waals surface area (Å²) in [4.78, 5) is 32.8. The number of Topliss-reactive ketones (excluding diaryl/α,β-unsaturated/α-hetero) is 1. The van der Waals surface area contributed by atoms with Crippen LogP contribution in [0.2, 0.25) is 0 Å². The largest absolute Gasteiger partial charge is 0.378 e. The normalized spacial score (nSPS) is 22.7. The monoisotopic (exact) mass is 360 g/mol. The fourth-order valence-corrected chi connectivity index (χ4v) is 3.32. The van der Waals surface area contributed by atoms with Crippen LogP contribution >= 0.6 is 11.6 Å². The first kappa shape index (κ1) is 17.4. The molecule has 2 aromatic heterocycles. The summed E-state index contributed by atoms with van der Waals surface area (Å²) in [5, 5.41) is 3.60. The van der Waals surface area contributed by atoms with E-state index >= 15 is 0 Å². The van der Waals surface area contributed by atoms with Gasteiger partial charge in [-0.05, 0) is 18.6 Å². The van der Waals surface area contributed by atoms with Crippen molar-refractivity contribution in [1.82, 2.24) is 19.7 Å². The molecule has 0 saturated carbocycles. The maximum Gasteiger partial charge on any atom is 0.170 e. The molecule has 2 heterocycles. The van der Waals surface area contributed by atoms with E-state index in [0.29, 0.717) is 23.5 Å². The van der Waals surface area contributed by atoms with E-state index in [1.807, 2.05) is 6.08 Å². The Morgan fingerprint density at radius 1 is 1.48 bits per heavy atom. The number of rotatable bonds is 6. The number of hydrogen-bond donors (Lipinski definition) is 0. The van der Waals surface area contributed by atoms with E-state index in [-0.39, 0.29) is 12.4 Å². The maximum atomic E-state index is 13.1. The third kappa shape index (κ3) is 3.52. The van der Waals surface area contributed by atoms with Crippen LogP contribution in [-0.2, 0) is 16.1 Å². The second-order valence-corrected chi connectivity index (χ2v) is 6.28. The van der Waals surface area contributed by atoms with Gasteiger partial charge in [-0.25, -0.2) is 14.6 Å². The molecule has 0 amide bonds. The lowest BCUT2D eigenvalue weighted by molar-refractivity contribution is -0.110. The van der Waals surface area contributed by atoms with Crippen molar-refractivity contribution in [3.63, 3.8) is 0 Å². The number of allylic oxidation sites excluding steroid dienone is 2. The molecule has 0 spiro atoms. The highest BCUT2D eigenvalue weighted by molar-refractivity contribution is 6.23. The first-order valence-electron chi connectivity index (χ1n) is 7.79. The van der Waals surface area contributed by atoms with Gasteiger partial charge in [-0.15, -0.1) is 11.6 Å². The Kier molecular flexibility index (Phi) is 5.35. The SMILES string of the molecule is COCc1nc(-n2cncn2)ccc1C(=O)C1C(C=O)C=CCC1Cl.